The Morgan fingerprint density at radius 1 is 0.525 bits per heavy atom. The van der Waals surface area contributed by atoms with Crippen LogP contribution in [0.15, 0.2) is 48.8 Å². The summed E-state index contributed by atoms with van der Waals surface area (Å²) in [6.07, 6.45) is 56.8. The number of phosphoric ester groups is 1. The van der Waals surface area contributed by atoms with Gasteiger partial charge in [0.05, 0.1) is 34.0 Å². The topological polar surface area (TPSA) is 91.3 Å². The first-order valence-electron chi connectivity index (χ1n) is 25.4. The Morgan fingerprint density at radius 3 is 1.39 bits per heavy atom. The second-order valence-electron chi connectivity index (χ2n) is 18.3. The molecule has 0 aliphatic rings. The number of unbranched alkanes of at least 4 members (excludes halogenated alkanes) is 27. The van der Waals surface area contributed by atoms with Crippen LogP contribution in [0, 0.1) is 0 Å². The van der Waals surface area contributed by atoms with E-state index in [1.54, 1.807) is 6.26 Å². The molecule has 2 atom stereocenters. The highest BCUT2D eigenvalue weighted by Gasteiger charge is 2.26. The summed E-state index contributed by atoms with van der Waals surface area (Å²) >= 11 is 0. The molecule has 0 amide bonds. The number of phosphoric acid groups is 1. The Balaban J connectivity index is 4.22. The van der Waals surface area contributed by atoms with E-state index in [2.05, 4.69) is 50.3 Å². The molecule has 358 valence electrons. The van der Waals surface area contributed by atoms with Gasteiger partial charge in [-0.15, -0.1) is 0 Å². The van der Waals surface area contributed by atoms with Crippen molar-refractivity contribution in [3.05, 3.63) is 48.8 Å². The van der Waals surface area contributed by atoms with Crippen molar-refractivity contribution < 1.29 is 37.3 Å². The molecule has 0 spiro atoms. The number of rotatable bonds is 47. The molecule has 8 nitrogen and oxygen atoms in total. The van der Waals surface area contributed by atoms with Crippen molar-refractivity contribution in [3.8, 4) is 0 Å². The molecule has 0 aromatic heterocycles. The highest BCUT2D eigenvalue weighted by atomic mass is 31.2. The van der Waals surface area contributed by atoms with Gasteiger partial charge >= 0.3 is 13.8 Å². The molecule has 0 saturated carbocycles. The van der Waals surface area contributed by atoms with Crippen LogP contribution in [0.4, 0.5) is 0 Å². The fraction of sp³-hybridized carbons (Fsp3) is 0.827. The summed E-state index contributed by atoms with van der Waals surface area (Å²) in [6, 6.07) is 0. The zero-order valence-corrected chi connectivity index (χ0v) is 41.5. The number of allylic oxidation sites excluding steroid dienone is 7. The number of hydrogen-bond donors (Lipinski definition) is 1. The third kappa shape index (κ3) is 49.2. The second-order valence-corrected chi connectivity index (χ2v) is 19.7. The minimum atomic E-state index is -4.30. The molecule has 0 aliphatic heterocycles. The van der Waals surface area contributed by atoms with Gasteiger partial charge in [0, 0.05) is 6.42 Å². The van der Waals surface area contributed by atoms with Gasteiger partial charge in [-0.3, -0.25) is 13.8 Å². The molecule has 0 aromatic carbocycles. The lowest BCUT2D eigenvalue weighted by atomic mass is 10.0. The second kappa shape index (κ2) is 44.9. The maximum absolute atomic E-state index is 12.7. The van der Waals surface area contributed by atoms with Gasteiger partial charge in [-0.05, 0) is 63.9 Å². The van der Waals surface area contributed by atoms with Crippen molar-refractivity contribution in [1.82, 2.24) is 0 Å². The Hall–Kier alpha value is -1.70. The first kappa shape index (κ1) is 59.3. The Labute approximate surface area is 378 Å². The smallest absolute Gasteiger partial charge is 0.472 e. The van der Waals surface area contributed by atoms with Crippen LogP contribution in [0.5, 0.6) is 0 Å². The van der Waals surface area contributed by atoms with Crippen LogP contribution in [0.2, 0.25) is 0 Å². The Morgan fingerprint density at radius 2 is 0.918 bits per heavy atom. The monoisotopic (exact) mass is 881 g/mol. The molecule has 0 aromatic rings. The van der Waals surface area contributed by atoms with Crippen molar-refractivity contribution in [3.63, 3.8) is 0 Å². The fourth-order valence-electron chi connectivity index (χ4n) is 7.00. The minimum Gasteiger partial charge on any atom is -0.498 e. The summed E-state index contributed by atoms with van der Waals surface area (Å²) in [5.74, 6) is -0.346. The standard InChI is InChI=1S/C52H98NO7P/c1-6-8-10-12-14-16-18-20-22-24-26-28-30-32-34-36-38-40-42-44-47-57-49-51(50-59-61(55,56)58-48-46-53(3,4)5)60-52(54)45-43-41-39-37-35-33-31-29-27-25-23-21-19-17-15-13-11-9-7-2/h15,17,21,23,27,29,44,47,51H,6-14,16,18-20,22,24-26,28,30-43,45-46,48-50H2,1-5H3/p+1/b17-15-,23-21-,29-27-,47-44?/t51-/m1/s1. The fourth-order valence-corrected chi connectivity index (χ4v) is 7.74. The zero-order valence-electron chi connectivity index (χ0n) is 40.7. The first-order chi connectivity index (χ1) is 29.6. The summed E-state index contributed by atoms with van der Waals surface area (Å²) < 4.78 is 34.9. The van der Waals surface area contributed by atoms with Crippen LogP contribution in [-0.2, 0) is 27.9 Å². The minimum absolute atomic E-state index is 0.0432. The van der Waals surface area contributed by atoms with E-state index in [1.807, 2.05) is 27.2 Å². The molecular formula is C52H99NO7P+. The largest absolute Gasteiger partial charge is 0.498 e. The van der Waals surface area contributed by atoms with E-state index in [4.69, 9.17) is 18.5 Å². The van der Waals surface area contributed by atoms with Gasteiger partial charge in [-0.2, -0.15) is 0 Å². The maximum Gasteiger partial charge on any atom is 0.472 e. The quantitative estimate of drug-likeness (QED) is 0.0163. The van der Waals surface area contributed by atoms with E-state index in [-0.39, 0.29) is 25.8 Å². The zero-order chi connectivity index (χ0) is 44.8. The lowest BCUT2D eigenvalue weighted by molar-refractivity contribution is -0.870. The summed E-state index contributed by atoms with van der Waals surface area (Å²) in [5, 5.41) is 0. The van der Waals surface area contributed by atoms with Crippen molar-refractivity contribution in [2.45, 2.75) is 232 Å². The Bertz CT molecular complexity index is 1120. The van der Waals surface area contributed by atoms with Gasteiger partial charge in [0.1, 0.15) is 19.8 Å². The number of carbonyl (C=O) groups excluding carboxylic acids is 1. The van der Waals surface area contributed by atoms with Gasteiger partial charge in [-0.25, -0.2) is 4.57 Å². The van der Waals surface area contributed by atoms with E-state index < -0.39 is 13.9 Å². The van der Waals surface area contributed by atoms with Gasteiger partial charge in [-0.1, -0.05) is 198 Å². The van der Waals surface area contributed by atoms with Gasteiger partial charge < -0.3 is 18.9 Å². The number of esters is 1. The van der Waals surface area contributed by atoms with Gasteiger partial charge in [0.25, 0.3) is 0 Å². The average molecular weight is 881 g/mol. The summed E-state index contributed by atoms with van der Waals surface area (Å²) in [4.78, 5) is 23.0. The van der Waals surface area contributed by atoms with E-state index in [1.165, 1.54) is 148 Å². The molecule has 0 fully saturated rings. The first-order valence-corrected chi connectivity index (χ1v) is 26.9. The van der Waals surface area contributed by atoms with Crippen molar-refractivity contribution in [2.24, 2.45) is 0 Å². The summed E-state index contributed by atoms with van der Waals surface area (Å²) in [6.45, 7) is 4.91. The molecule has 0 heterocycles. The number of carbonyl (C=O) groups is 1. The van der Waals surface area contributed by atoms with Crippen molar-refractivity contribution in [1.29, 1.82) is 0 Å². The maximum atomic E-state index is 12.7. The van der Waals surface area contributed by atoms with E-state index >= 15 is 0 Å². The van der Waals surface area contributed by atoms with Crippen molar-refractivity contribution in [2.75, 3.05) is 47.5 Å². The van der Waals surface area contributed by atoms with Crippen LogP contribution < -0.4 is 0 Å². The lowest BCUT2D eigenvalue weighted by Gasteiger charge is -2.24. The highest BCUT2D eigenvalue weighted by molar-refractivity contribution is 7.47. The summed E-state index contributed by atoms with van der Waals surface area (Å²) in [7, 11) is 1.63. The highest BCUT2D eigenvalue weighted by Crippen LogP contribution is 2.43. The van der Waals surface area contributed by atoms with E-state index in [0.717, 1.165) is 57.8 Å². The van der Waals surface area contributed by atoms with Crippen LogP contribution in [0.1, 0.15) is 226 Å². The molecule has 0 aliphatic carbocycles. The predicted octanol–water partition coefficient (Wildman–Crippen LogP) is 15.8. The number of hydrogen-bond acceptors (Lipinski definition) is 6. The number of nitrogens with zero attached hydrogens (tertiary/aromatic N) is 1. The van der Waals surface area contributed by atoms with Gasteiger partial charge in [0.15, 0.2) is 6.10 Å². The van der Waals surface area contributed by atoms with Crippen LogP contribution in [-0.4, -0.2) is 69.0 Å². The normalized spacial score (nSPS) is 13.9. The third-order valence-electron chi connectivity index (χ3n) is 11.0. The SMILES string of the molecule is CCCCC/C=C\C/C=C\C/C=C\CCCCCCCCC(=O)O[C@H](COC=CCCCCCCCCCCCCCCCCCCCC)COP(=O)(O)OCC[N+](C)(C)C. The van der Waals surface area contributed by atoms with Crippen LogP contribution in [0.3, 0.4) is 0 Å². The number of ether oxygens (including phenoxy) is 2. The molecule has 1 unspecified atom stereocenters. The molecular weight excluding hydrogens is 782 g/mol. The van der Waals surface area contributed by atoms with Crippen LogP contribution >= 0.6 is 7.82 Å². The molecule has 61 heavy (non-hydrogen) atoms. The molecule has 9 heteroatoms. The molecule has 0 saturated heterocycles. The van der Waals surface area contributed by atoms with E-state index in [9.17, 15) is 14.3 Å². The summed E-state index contributed by atoms with van der Waals surface area (Å²) in [5.41, 5.74) is 0. The third-order valence-corrected chi connectivity index (χ3v) is 11.9. The average Bonchev–Trinajstić information content (AvgIpc) is 3.22. The Kier molecular flexibility index (Phi) is 43.6. The predicted molar refractivity (Wildman–Crippen MR) is 261 cm³/mol. The molecule has 0 radical (unpaired) electrons. The van der Waals surface area contributed by atoms with Gasteiger partial charge in [0.2, 0.25) is 0 Å². The molecule has 0 rings (SSSR count). The lowest BCUT2D eigenvalue weighted by Crippen LogP contribution is -2.37. The molecule has 0 bridgehead atoms. The number of likely N-dealkylation sites (N-methyl/N-ethyl adjacent to an activating group) is 1. The number of quaternary nitrogens is 1. The van der Waals surface area contributed by atoms with Crippen molar-refractivity contribution >= 4 is 13.8 Å². The molecule has 1 N–H and O–H groups in total. The van der Waals surface area contributed by atoms with E-state index in [0.29, 0.717) is 17.4 Å². The van der Waals surface area contributed by atoms with Crippen LogP contribution in [0.25, 0.3) is 0 Å².